The molecule has 0 saturated carbocycles. The van der Waals surface area contributed by atoms with E-state index < -0.39 is 5.97 Å². The third kappa shape index (κ3) is 4.49. The molecule has 1 aliphatic heterocycles. The van der Waals surface area contributed by atoms with Crippen molar-refractivity contribution >= 4 is 49.6 Å². The standard InChI is InChI=1S/C23H15Br2NO3/c24-18-11-17(22(20(25)13-18)28-14-15-7-3-1-4-8-15)12-19-21(26-29-23(19)27)16-9-5-2-6-10-16/h1-13H,14H2/b19-12-. The number of hydrogen-bond donors (Lipinski definition) is 0. The van der Waals surface area contributed by atoms with Gasteiger partial charge >= 0.3 is 5.97 Å². The monoisotopic (exact) mass is 511 g/mol. The van der Waals surface area contributed by atoms with Gasteiger partial charge in [0.1, 0.15) is 18.1 Å². The summed E-state index contributed by atoms with van der Waals surface area (Å²) in [6.07, 6.45) is 1.75. The number of carbonyl (C=O) groups excluding carboxylic acids is 1. The fourth-order valence-corrected chi connectivity index (χ4v) is 4.31. The van der Waals surface area contributed by atoms with Gasteiger partial charge in [0.25, 0.3) is 0 Å². The first-order valence-corrected chi connectivity index (χ1v) is 10.4. The Labute approximate surface area is 185 Å². The lowest BCUT2D eigenvalue weighted by Crippen LogP contribution is -2.07. The Morgan fingerprint density at radius 3 is 2.38 bits per heavy atom. The number of rotatable bonds is 5. The summed E-state index contributed by atoms with van der Waals surface area (Å²) in [5.41, 5.74) is 3.48. The Hall–Kier alpha value is -2.70. The Morgan fingerprint density at radius 1 is 0.966 bits per heavy atom. The molecule has 0 fully saturated rings. The van der Waals surface area contributed by atoms with Gasteiger partial charge in [-0.25, -0.2) is 4.79 Å². The van der Waals surface area contributed by atoms with E-state index in [0.29, 0.717) is 23.6 Å². The molecule has 144 valence electrons. The van der Waals surface area contributed by atoms with Gasteiger partial charge < -0.3 is 9.57 Å². The van der Waals surface area contributed by atoms with E-state index in [2.05, 4.69) is 37.0 Å². The number of carbonyl (C=O) groups is 1. The number of hydrogen-bond acceptors (Lipinski definition) is 4. The predicted octanol–water partition coefficient (Wildman–Crippen LogP) is 6.14. The molecule has 6 heteroatoms. The summed E-state index contributed by atoms with van der Waals surface area (Å²) in [5.74, 6) is 0.144. The van der Waals surface area contributed by atoms with Gasteiger partial charge in [-0.3, -0.25) is 0 Å². The Bertz CT molecular complexity index is 1110. The molecule has 1 heterocycles. The highest BCUT2D eigenvalue weighted by Crippen LogP contribution is 2.36. The highest BCUT2D eigenvalue weighted by atomic mass is 79.9. The maximum atomic E-state index is 12.4. The smallest absolute Gasteiger partial charge is 0.368 e. The molecular weight excluding hydrogens is 498 g/mol. The zero-order valence-electron chi connectivity index (χ0n) is 15.1. The van der Waals surface area contributed by atoms with Crippen molar-refractivity contribution in [3.05, 3.63) is 104 Å². The van der Waals surface area contributed by atoms with E-state index in [4.69, 9.17) is 9.57 Å². The lowest BCUT2D eigenvalue weighted by atomic mass is 10.0. The van der Waals surface area contributed by atoms with E-state index >= 15 is 0 Å². The molecular formula is C23H15Br2NO3. The van der Waals surface area contributed by atoms with Crippen molar-refractivity contribution < 1.29 is 14.4 Å². The molecule has 0 bridgehead atoms. The van der Waals surface area contributed by atoms with Crippen LogP contribution in [0.2, 0.25) is 0 Å². The van der Waals surface area contributed by atoms with Crippen LogP contribution < -0.4 is 4.74 Å². The van der Waals surface area contributed by atoms with E-state index in [1.54, 1.807) is 6.08 Å². The molecule has 0 aromatic heterocycles. The molecule has 1 aliphatic rings. The van der Waals surface area contributed by atoms with Crippen LogP contribution >= 0.6 is 31.9 Å². The van der Waals surface area contributed by atoms with Crippen LogP contribution in [0.4, 0.5) is 0 Å². The van der Waals surface area contributed by atoms with Gasteiger partial charge in [-0.2, -0.15) is 0 Å². The molecule has 0 aliphatic carbocycles. The van der Waals surface area contributed by atoms with Crippen LogP contribution in [0, 0.1) is 0 Å². The second-order valence-corrected chi connectivity index (χ2v) is 8.09. The van der Waals surface area contributed by atoms with Crippen LogP contribution in [0.3, 0.4) is 0 Å². The van der Waals surface area contributed by atoms with Crippen molar-refractivity contribution in [1.29, 1.82) is 0 Å². The summed E-state index contributed by atoms with van der Waals surface area (Å²) in [4.78, 5) is 17.3. The SMILES string of the molecule is O=C1ON=C(c2ccccc2)/C1=C/c1cc(Br)cc(Br)c1OCc1ccccc1. The molecule has 0 saturated heterocycles. The molecule has 0 unspecified atom stereocenters. The van der Waals surface area contributed by atoms with Crippen LogP contribution in [-0.4, -0.2) is 11.7 Å². The van der Waals surface area contributed by atoms with Crippen molar-refractivity contribution in [3.8, 4) is 5.75 Å². The highest BCUT2D eigenvalue weighted by Gasteiger charge is 2.27. The second kappa shape index (κ2) is 8.76. The fraction of sp³-hybridized carbons (Fsp3) is 0.0435. The Balaban J connectivity index is 1.72. The number of halogens is 2. The van der Waals surface area contributed by atoms with Crippen molar-refractivity contribution in [3.63, 3.8) is 0 Å². The third-order valence-corrected chi connectivity index (χ3v) is 5.35. The van der Waals surface area contributed by atoms with Gasteiger partial charge in [0.15, 0.2) is 0 Å². The van der Waals surface area contributed by atoms with Gasteiger partial charge in [0.05, 0.1) is 10.0 Å². The van der Waals surface area contributed by atoms with Crippen LogP contribution in [-0.2, 0) is 16.2 Å². The number of nitrogens with zero attached hydrogens (tertiary/aromatic N) is 1. The minimum absolute atomic E-state index is 0.380. The minimum Gasteiger partial charge on any atom is -0.487 e. The van der Waals surface area contributed by atoms with Crippen molar-refractivity contribution in [2.45, 2.75) is 6.61 Å². The average molecular weight is 513 g/mol. The number of oxime groups is 1. The topological polar surface area (TPSA) is 47.9 Å². The summed E-state index contributed by atoms with van der Waals surface area (Å²) in [5, 5.41) is 3.97. The fourth-order valence-electron chi connectivity index (χ4n) is 2.94. The molecule has 3 aromatic carbocycles. The molecule has 0 N–H and O–H groups in total. The van der Waals surface area contributed by atoms with Crippen molar-refractivity contribution in [1.82, 2.24) is 0 Å². The van der Waals surface area contributed by atoms with E-state index in [1.807, 2.05) is 72.8 Å². The molecule has 4 nitrogen and oxygen atoms in total. The first-order chi connectivity index (χ1) is 14.1. The summed E-state index contributed by atoms with van der Waals surface area (Å²) in [6.45, 7) is 0.404. The lowest BCUT2D eigenvalue weighted by Gasteiger charge is -2.13. The van der Waals surface area contributed by atoms with Crippen LogP contribution in [0.5, 0.6) is 5.75 Å². The first-order valence-electron chi connectivity index (χ1n) is 8.84. The highest BCUT2D eigenvalue weighted by molar-refractivity contribution is 9.11. The Kier molecular flexibility index (Phi) is 5.92. The molecule has 0 radical (unpaired) electrons. The molecule has 29 heavy (non-hydrogen) atoms. The molecule has 0 spiro atoms. The lowest BCUT2D eigenvalue weighted by molar-refractivity contribution is -0.136. The van der Waals surface area contributed by atoms with Gasteiger partial charge in [-0.15, -0.1) is 0 Å². The van der Waals surface area contributed by atoms with Crippen LogP contribution in [0.25, 0.3) is 6.08 Å². The predicted molar refractivity (Wildman–Crippen MR) is 120 cm³/mol. The van der Waals surface area contributed by atoms with Crippen molar-refractivity contribution in [2.75, 3.05) is 0 Å². The maximum absolute atomic E-state index is 12.4. The quantitative estimate of drug-likeness (QED) is 0.305. The molecule has 0 amide bonds. The molecule has 4 rings (SSSR count). The normalized spacial score (nSPS) is 14.6. The van der Waals surface area contributed by atoms with E-state index in [9.17, 15) is 4.79 Å². The van der Waals surface area contributed by atoms with E-state index in [0.717, 1.165) is 25.6 Å². The van der Waals surface area contributed by atoms with Crippen molar-refractivity contribution in [2.24, 2.45) is 5.16 Å². The average Bonchev–Trinajstić information content (AvgIpc) is 3.09. The second-order valence-electron chi connectivity index (χ2n) is 6.32. The van der Waals surface area contributed by atoms with Crippen LogP contribution in [0.1, 0.15) is 16.7 Å². The zero-order chi connectivity index (χ0) is 20.2. The summed E-state index contributed by atoms with van der Waals surface area (Å²) < 4.78 is 7.72. The zero-order valence-corrected chi connectivity index (χ0v) is 18.3. The maximum Gasteiger partial charge on any atom is 0.368 e. The minimum atomic E-state index is -0.492. The largest absolute Gasteiger partial charge is 0.487 e. The van der Waals surface area contributed by atoms with Gasteiger partial charge in [-0.05, 0) is 39.7 Å². The van der Waals surface area contributed by atoms with Gasteiger partial charge in [-0.1, -0.05) is 81.7 Å². The Morgan fingerprint density at radius 2 is 1.66 bits per heavy atom. The van der Waals surface area contributed by atoms with Gasteiger partial charge in [0.2, 0.25) is 0 Å². The molecule has 3 aromatic rings. The molecule has 0 atom stereocenters. The van der Waals surface area contributed by atoms with E-state index in [-0.39, 0.29) is 0 Å². The third-order valence-electron chi connectivity index (χ3n) is 4.31. The van der Waals surface area contributed by atoms with Crippen LogP contribution in [0.15, 0.2) is 92.5 Å². The summed E-state index contributed by atoms with van der Waals surface area (Å²) in [6, 6.07) is 23.2. The summed E-state index contributed by atoms with van der Waals surface area (Å²) in [7, 11) is 0. The summed E-state index contributed by atoms with van der Waals surface area (Å²) >= 11 is 7.07. The van der Waals surface area contributed by atoms with Gasteiger partial charge in [0, 0.05) is 15.6 Å². The first kappa shape index (κ1) is 19.6. The van der Waals surface area contributed by atoms with E-state index in [1.165, 1.54) is 0 Å². The number of benzene rings is 3. The number of ether oxygens (including phenoxy) is 1.